The van der Waals surface area contributed by atoms with E-state index in [1.165, 1.54) is 18.2 Å². The Morgan fingerprint density at radius 2 is 1.91 bits per heavy atom. The molecule has 8 heteroatoms. The van der Waals surface area contributed by atoms with Crippen molar-refractivity contribution in [2.45, 2.75) is 48.9 Å². The Balaban J connectivity index is 1.79. The fourth-order valence-corrected chi connectivity index (χ4v) is 5.98. The number of amides is 1. The number of anilines is 1. The first-order valence-electron chi connectivity index (χ1n) is 11.4. The summed E-state index contributed by atoms with van der Waals surface area (Å²) in [5.41, 5.74) is 8.05. The van der Waals surface area contributed by atoms with Gasteiger partial charge in [-0.05, 0) is 43.4 Å². The van der Waals surface area contributed by atoms with Crippen LogP contribution < -0.4 is 10.6 Å². The van der Waals surface area contributed by atoms with Crippen molar-refractivity contribution < 1.29 is 4.79 Å². The van der Waals surface area contributed by atoms with E-state index in [1.54, 1.807) is 0 Å². The summed E-state index contributed by atoms with van der Waals surface area (Å²) in [4.78, 5) is 22.0. The van der Waals surface area contributed by atoms with E-state index >= 15 is 0 Å². The molecular formula is C25H28N6OS. The molecule has 2 N–H and O–H groups in total. The van der Waals surface area contributed by atoms with E-state index in [2.05, 4.69) is 21.9 Å². The number of hydrogen-bond acceptors (Lipinski definition) is 7. The number of thioether (sulfide) groups is 1. The summed E-state index contributed by atoms with van der Waals surface area (Å²) in [6.07, 6.45) is 3.88. The van der Waals surface area contributed by atoms with Crippen molar-refractivity contribution in [3.8, 4) is 12.1 Å². The molecule has 33 heavy (non-hydrogen) atoms. The van der Waals surface area contributed by atoms with Crippen LogP contribution in [-0.2, 0) is 11.2 Å². The van der Waals surface area contributed by atoms with Crippen LogP contribution in [0.1, 0.15) is 53.7 Å². The highest BCUT2D eigenvalue weighted by Gasteiger charge is 2.32. The van der Waals surface area contributed by atoms with Gasteiger partial charge in [-0.25, -0.2) is 4.98 Å². The third-order valence-electron chi connectivity index (χ3n) is 6.52. The Morgan fingerprint density at radius 1 is 1.18 bits per heavy atom. The van der Waals surface area contributed by atoms with E-state index in [0.717, 1.165) is 44.6 Å². The Hall–Kier alpha value is -3.07. The van der Waals surface area contributed by atoms with Crippen molar-refractivity contribution in [3.05, 3.63) is 52.6 Å². The zero-order valence-corrected chi connectivity index (χ0v) is 19.6. The van der Waals surface area contributed by atoms with Gasteiger partial charge in [0.05, 0.1) is 11.1 Å². The number of benzene rings is 1. The van der Waals surface area contributed by atoms with E-state index in [-0.39, 0.29) is 0 Å². The summed E-state index contributed by atoms with van der Waals surface area (Å²) >= 11 is 1.20. The van der Waals surface area contributed by atoms with E-state index in [9.17, 15) is 15.3 Å². The van der Waals surface area contributed by atoms with Gasteiger partial charge in [0.25, 0.3) is 0 Å². The molecule has 2 aromatic rings. The Labute approximate surface area is 199 Å². The minimum Gasteiger partial charge on any atom is -0.368 e. The summed E-state index contributed by atoms with van der Waals surface area (Å²) < 4.78 is 0. The van der Waals surface area contributed by atoms with E-state index < -0.39 is 11.2 Å². The van der Waals surface area contributed by atoms with Crippen LogP contribution in [0.3, 0.4) is 0 Å². The molecular weight excluding hydrogens is 432 g/mol. The minimum absolute atomic E-state index is 0.363. The molecule has 170 valence electrons. The van der Waals surface area contributed by atoms with Crippen LogP contribution in [-0.4, -0.2) is 48.0 Å². The number of primary amides is 1. The molecule has 0 aliphatic carbocycles. The van der Waals surface area contributed by atoms with Gasteiger partial charge >= 0.3 is 0 Å². The van der Waals surface area contributed by atoms with Crippen molar-refractivity contribution in [2.24, 2.45) is 5.73 Å². The molecule has 0 saturated carbocycles. The second-order valence-electron chi connectivity index (χ2n) is 8.49. The highest BCUT2D eigenvalue weighted by Crippen LogP contribution is 2.40. The highest BCUT2D eigenvalue weighted by atomic mass is 32.2. The zero-order valence-electron chi connectivity index (χ0n) is 18.8. The molecule has 2 aliphatic heterocycles. The molecule has 0 spiro atoms. The lowest BCUT2D eigenvalue weighted by atomic mass is 10.0. The molecule has 2 atom stereocenters. The molecule has 2 fully saturated rings. The lowest BCUT2D eigenvalue weighted by Crippen LogP contribution is -2.37. The summed E-state index contributed by atoms with van der Waals surface area (Å²) in [7, 11) is 0. The second-order valence-corrected chi connectivity index (χ2v) is 9.58. The largest absolute Gasteiger partial charge is 0.368 e. The molecule has 2 saturated heterocycles. The van der Waals surface area contributed by atoms with Crippen LogP contribution in [0.5, 0.6) is 0 Å². The Morgan fingerprint density at radius 3 is 2.58 bits per heavy atom. The van der Waals surface area contributed by atoms with Gasteiger partial charge < -0.3 is 10.6 Å². The first-order chi connectivity index (χ1) is 16.1. The number of nitrogens with zero attached hydrogens (tertiary/aromatic N) is 5. The van der Waals surface area contributed by atoms with Crippen molar-refractivity contribution in [3.63, 3.8) is 0 Å². The normalized spacial score (nSPS) is 19.2. The molecule has 0 bridgehead atoms. The quantitative estimate of drug-likeness (QED) is 0.658. The van der Waals surface area contributed by atoms with Crippen molar-refractivity contribution in [2.75, 3.05) is 31.1 Å². The number of fused-ring (bicyclic) bond motifs is 1. The number of nitriles is 2. The minimum atomic E-state index is -0.675. The summed E-state index contributed by atoms with van der Waals surface area (Å²) in [5.74, 6) is 0.137. The Bertz CT molecular complexity index is 1110. The third kappa shape index (κ3) is 4.68. The van der Waals surface area contributed by atoms with Crippen LogP contribution in [0.4, 0.5) is 5.82 Å². The fraction of sp³-hybridized carbons (Fsp3) is 0.440. The predicted molar refractivity (Wildman–Crippen MR) is 129 cm³/mol. The molecule has 2 aliphatic rings. The molecule has 0 radical (unpaired) electrons. The standard InChI is InChI=1S/C25H28N6OS/c1-2-19-20(14-26)24(31-13-7-12-30-11-6-10-18(30)16-31)29-25(21(19)15-27)33-22(23(28)32)17-8-4-3-5-9-17/h3-5,8-9,18,22H,2,6-7,10-13,16H2,1H3,(H2,28,32). The first-order valence-corrected chi connectivity index (χ1v) is 12.3. The number of hydrogen-bond donors (Lipinski definition) is 1. The number of carbonyl (C=O) groups is 1. The van der Waals surface area contributed by atoms with Gasteiger partial charge in [0, 0.05) is 25.7 Å². The van der Waals surface area contributed by atoms with Gasteiger partial charge in [0.1, 0.15) is 28.2 Å². The van der Waals surface area contributed by atoms with Crippen molar-refractivity contribution in [1.29, 1.82) is 10.5 Å². The second kappa shape index (κ2) is 10.2. The van der Waals surface area contributed by atoms with Crippen LogP contribution in [0, 0.1) is 22.7 Å². The maximum Gasteiger partial charge on any atom is 0.235 e. The number of pyridine rings is 1. The summed E-state index contributed by atoms with van der Waals surface area (Å²) in [6, 6.07) is 14.3. The van der Waals surface area contributed by atoms with Crippen LogP contribution in [0.25, 0.3) is 0 Å². The smallest absolute Gasteiger partial charge is 0.235 e. The molecule has 7 nitrogen and oxygen atoms in total. The summed E-state index contributed by atoms with van der Waals surface area (Å²) in [5, 5.41) is 19.8. The van der Waals surface area contributed by atoms with Crippen LogP contribution in [0.2, 0.25) is 0 Å². The maximum absolute atomic E-state index is 12.4. The topological polar surface area (TPSA) is 110 Å². The number of aromatic nitrogens is 1. The number of carbonyl (C=O) groups excluding carboxylic acids is 1. The van der Waals surface area contributed by atoms with Gasteiger partial charge in [0.15, 0.2) is 0 Å². The molecule has 1 aromatic carbocycles. The first kappa shape index (κ1) is 23.1. The Kier molecular flexibility index (Phi) is 7.17. The molecule has 3 heterocycles. The highest BCUT2D eigenvalue weighted by molar-refractivity contribution is 8.00. The molecule has 4 rings (SSSR count). The predicted octanol–water partition coefficient (Wildman–Crippen LogP) is 3.38. The van der Waals surface area contributed by atoms with Gasteiger partial charge in [0.2, 0.25) is 5.91 Å². The van der Waals surface area contributed by atoms with E-state index in [0.29, 0.717) is 40.0 Å². The molecule has 1 aromatic heterocycles. The van der Waals surface area contributed by atoms with E-state index in [4.69, 9.17) is 10.7 Å². The lowest BCUT2D eigenvalue weighted by molar-refractivity contribution is -0.117. The van der Waals surface area contributed by atoms with Gasteiger partial charge in [-0.3, -0.25) is 9.69 Å². The van der Waals surface area contributed by atoms with Crippen LogP contribution >= 0.6 is 11.8 Å². The number of nitrogens with two attached hydrogens (primary N) is 1. The average molecular weight is 461 g/mol. The molecule has 1 amide bonds. The maximum atomic E-state index is 12.4. The van der Waals surface area contributed by atoms with Crippen LogP contribution in [0.15, 0.2) is 35.4 Å². The fourth-order valence-electron chi connectivity index (χ4n) is 4.93. The van der Waals surface area contributed by atoms with E-state index in [1.807, 2.05) is 37.3 Å². The zero-order chi connectivity index (χ0) is 23.4. The monoisotopic (exact) mass is 460 g/mol. The number of rotatable bonds is 6. The average Bonchev–Trinajstić information content (AvgIpc) is 3.18. The molecule has 2 unspecified atom stereocenters. The SMILES string of the molecule is CCc1c(C#N)c(SC(C(N)=O)c2ccccc2)nc(N2CCCN3CCCC3C2)c1C#N. The van der Waals surface area contributed by atoms with Crippen molar-refractivity contribution >= 4 is 23.5 Å². The third-order valence-corrected chi connectivity index (χ3v) is 7.78. The summed E-state index contributed by atoms with van der Waals surface area (Å²) in [6.45, 7) is 5.76. The van der Waals surface area contributed by atoms with Crippen molar-refractivity contribution in [1.82, 2.24) is 9.88 Å². The van der Waals surface area contributed by atoms with Gasteiger partial charge in [-0.15, -0.1) is 0 Å². The van der Waals surface area contributed by atoms with Gasteiger partial charge in [-0.1, -0.05) is 49.0 Å². The van der Waals surface area contributed by atoms with Gasteiger partial charge in [-0.2, -0.15) is 10.5 Å². The lowest BCUT2D eigenvalue weighted by Gasteiger charge is -2.28.